The fourth-order valence-corrected chi connectivity index (χ4v) is 1.87. The first kappa shape index (κ1) is 11.7. The highest BCUT2D eigenvalue weighted by molar-refractivity contribution is 9.10. The lowest BCUT2D eigenvalue weighted by Crippen LogP contribution is -2.28. The molecule has 0 aliphatic heterocycles. The Labute approximate surface area is 93.6 Å². The molecule has 0 bridgehead atoms. The van der Waals surface area contributed by atoms with Crippen molar-refractivity contribution in [2.45, 2.75) is 25.5 Å². The van der Waals surface area contributed by atoms with E-state index in [0.29, 0.717) is 0 Å². The van der Waals surface area contributed by atoms with Crippen molar-refractivity contribution < 1.29 is 4.74 Å². The Morgan fingerprint density at radius 2 is 2.21 bits per heavy atom. The third-order valence-corrected chi connectivity index (χ3v) is 2.78. The van der Waals surface area contributed by atoms with E-state index in [1.165, 1.54) is 0 Å². The maximum absolute atomic E-state index is 5.97. The number of halogens is 1. The highest BCUT2D eigenvalue weighted by atomic mass is 79.9. The Balaban J connectivity index is 2.89. The second kappa shape index (κ2) is 5.49. The summed E-state index contributed by atoms with van der Waals surface area (Å²) in [6.45, 7) is 2.06. The molecule has 1 rings (SSSR count). The van der Waals surface area contributed by atoms with Crippen molar-refractivity contribution >= 4 is 15.9 Å². The van der Waals surface area contributed by atoms with Crippen LogP contribution in [0, 0.1) is 0 Å². The fraction of sp³-hybridized carbons (Fsp3) is 0.455. The molecule has 2 nitrogen and oxygen atoms in total. The van der Waals surface area contributed by atoms with Crippen LogP contribution in [-0.2, 0) is 4.74 Å². The SMILES string of the molecule is CCC(N)C(OC)c1cccc(Br)c1. The summed E-state index contributed by atoms with van der Waals surface area (Å²) >= 11 is 3.43. The molecule has 0 fully saturated rings. The second-order valence-corrected chi connectivity index (χ2v) is 4.20. The third-order valence-electron chi connectivity index (χ3n) is 2.29. The fourth-order valence-electron chi connectivity index (χ4n) is 1.46. The smallest absolute Gasteiger partial charge is 0.0972 e. The Hall–Kier alpha value is -0.380. The molecule has 78 valence electrons. The highest BCUT2D eigenvalue weighted by Crippen LogP contribution is 2.23. The minimum Gasteiger partial charge on any atom is -0.375 e. The molecule has 0 aliphatic carbocycles. The van der Waals surface area contributed by atoms with Gasteiger partial charge in [-0.05, 0) is 24.1 Å². The summed E-state index contributed by atoms with van der Waals surface area (Å²) in [5.41, 5.74) is 7.09. The monoisotopic (exact) mass is 257 g/mol. The van der Waals surface area contributed by atoms with Crippen molar-refractivity contribution in [3.63, 3.8) is 0 Å². The minimum atomic E-state index is -0.0162. The molecule has 2 N–H and O–H groups in total. The van der Waals surface area contributed by atoms with E-state index in [2.05, 4.69) is 22.9 Å². The van der Waals surface area contributed by atoms with Gasteiger partial charge in [-0.2, -0.15) is 0 Å². The normalized spacial score (nSPS) is 15.1. The molecule has 1 aromatic carbocycles. The topological polar surface area (TPSA) is 35.2 Å². The number of ether oxygens (including phenoxy) is 1. The van der Waals surface area contributed by atoms with Gasteiger partial charge >= 0.3 is 0 Å². The summed E-state index contributed by atoms with van der Waals surface area (Å²) in [5, 5.41) is 0. The molecule has 0 heterocycles. The van der Waals surface area contributed by atoms with Gasteiger partial charge in [0.25, 0.3) is 0 Å². The number of rotatable bonds is 4. The van der Waals surface area contributed by atoms with Gasteiger partial charge in [0, 0.05) is 17.6 Å². The van der Waals surface area contributed by atoms with Crippen molar-refractivity contribution in [2.24, 2.45) is 5.73 Å². The molecular weight excluding hydrogens is 242 g/mol. The van der Waals surface area contributed by atoms with E-state index in [4.69, 9.17) is 10.5 Å². The van der Waals surface area contributed by atoms with Gasteiger partial charge in [0.05, 0.1) is 6.10 Å². The van der Waals surface area contributed by atoms with Crippen LogP contribution in [-0.4, -0.2) is 13.2 Å². The maximum Gasteiger partial charge on any atom is 0.0972 e. The first-order valence-corrected chi connectivity index (χ1v) is 5.52. The van der Waals surface area contributed by atoms with Crippen LogP contribution in [0.3, 0.4) is 0 Å². The van der Waals surface area contributed by atoms with E-state index in [1.54, 1.807) is 7.11 Å². The molecule has 14 heavy (non-hydrogen) atoms. The Kier molecular flexibility index (Phi) is 4.58. The molecule has 0 spiro atoms. The van der Waals surface area contributed by atoms with Gasteiger partial charge in [-0.15, -0.1) is 0 Å². The van der Waals surface area contributed by atoms with Crippen LogP contribution in [0.2, 0.25) is 0 Å². The number of hydrogen-bond acceptors (Lipinski definition) is 2. The Morgan fingerprint density at radius 3 is 2.71 bits per heavy atom. The van der Waals surface area contributed by atoms with Crippen LogP contribution in [0.25, 0.3) is 0 Å². The van der Waals surface area contributed by atoms with Crippen LogP contribution in [0.15, 0.2) is 28.7 Å². The Morgan fingerprint density at radius 1 is 1.50 bits per heavy atom. The lowest BCUT2D eigenvalue weighted by molar-refractivity contribution is 0.0791. The zero-order chi connectivity index (χ0) is 10.6. The van der Waals surface area contributed by atoms with Crippen LogP contribution in [0.5, 0.6) is 0 Å². The summed E-state index contributed by atoms with van der Waals surface area (Å²) < 4.78 is 6.45. The predicted octanol–water partition coefficient (Wildman–Crippen LogP) is 2.87. The summed E-state index contributed by atoms with van der Waals surface area (Å²) in [6, 6.07) is 8.12. The van der Waals surface area contributed by atoms with Gasteiger partial charge < -0.3 is 10.5 Å². The third kappa shape index (κ3) is 2.80. The summed E-state index contributed by atoms with van der Waals surface area (Å²) in [7, 11) is 1.70. The largest absolute Gasteiger partial charge is 0.375 e. The lowest BCUT2D eigenvalue weighted by atomic mass is 10.0. The van der Waals surface area contributed by atoms with Gasteiger partial charge in [0.15, 0.2) is 0 Å². The average molecular weight is 258 g/mol. The van der Waals surface area contributed by atoms with Crippen LogP contribution in [0.1, 0.15) is 25.0 Å². The highest BCUT2D eigenvalue weighted by Gasteiger charge is 2.17. The minimum absolute atomic E-state index is 0.0162. The molecule has 2 unspecified atom stereocenters. The van der Waals surface area contributed by atoms with Crippen LogP contribution in [0.4, 0.5) is 0 Å². The number of hydrogen-bond donors (Lipinski definition) is 1. The molecular formula is C11H16BrNO. The molecule has 0 saturated carbocycles. The van der Waals surface area contributed by atoms with Gasteiger partial charge in [-0.25, -0.2) is 0 Å². The summed E-state index contributed by atoms with van der Waals surface area (Å²) in [4.78, 5) is 0. The standard InChI is InChI=1S/C11H16BrNO/c1-3-10(13)11(14-2)8-5-4-6-9(12)7-8/h4-7,10-11H,3,13H2,1-2H3. The van der Waals surface area contributed by atoms with Gasteiger partial charge in [0.1, 0.15) is 0 Å². The zero-order valence-corrected chi connectivity index (χ0v) is 10.1. The maximum atomic E-state index is 5.97. The van der Waals surface area contributed by atoms with Crippen molar-refractivity contribution in [3.8, 4) is 0 Å². The van der Waals surface area contributed by atoms with Crippen molar-refractivity contribution in [1.29, 1.82) is 0 Å². The van der Waals surface area contributed by atoms with E-state index in [1.807, 2.05) is 24.3 Å². The first-order chi connectivity index (χ1) is 6.69. The first-order valence-electron chi connectivity index (χ1n) is 4.72. The molecule has 1 aromatic rings. The van der Waals surface area contributed by atoms with Gasteiger partial charge in [-0.1, -0.05) is 35.0 Å². The predicted molar refractivity (Wildman–Crippen MR) is 62.2 cm³/mol. The lowest BCUT2D eigenvalue weighted by Gasteiger charge is -2.21. The Bertz CT molecular complexity index is 290. The van der Waals surface area contributed by atoms with E-state index < -0.39 is 0 Å². The van der Waals surface area contributed by atoms with Crippen LogP contribution < -0.4 is 5.73 Å². The van der Waals surface area contributed by atoms with Crippen molar-refractivity contribution in [2.75, 3.05) is 7.11 Å². The molecule has 0 amide bonds. The van der Waals surface area contributed by atoms with E-state index in [9.17, 15) is 0 Å². The van der Waals surface area contributed by atoms with Crippen molar-refractivity contribution in [1.82, 2.24) is 0 Å². The van der Waals surface area contributed by atoms with Gasteiger partial charge in [-0.3, -0.25) is 0 Å². The number of benzene rings is 1. The molecule has 0 saturated heterocycles. The molecule has 0 aromatic heterocycles. The van der Waals surface area contributed by atoms with Gasteiger partial charge in [0.2, 0.25) is 0 Å². The molecule has 0 radical (unpaired) electrons. The molecule has 2 atom stereocenters. The van der Waals surface area contributed by atoms with E-state index in [-0.39, 0.29) is 12.1 Å². The number of nitrogens with two attached hydrogens (primary N) is 1. The van der Waals surface area contributed by atoms with E-state index in [0.717, 1.165) is 16.5 Å². The average Bonchev–Trinajstić information content (AvgIpc) is 2.19. The summed E-state index contributed by atoms with van der Waals surface area (Å²) in [5.74, 6) is 0. The molecule has 3 heteroatoms. The zero-order valence-electron chi connectivity index (χ0n) is 8.53. The molecule has 0 aliphatic rings. The summed E-state index contributed by atoms with van der Waals surface area (Å²) in [6.07, 6.45) is 0.892. The van der Waals surface area contributed by atoms with Crippen LogP contribution >= 0.6 is 15.9 Å². The second-order valence-electron chi connectivity index (χ2n) is 3.28. The quantitative estimate of drug-likeness (QED) is 0.901. The number of methoxy groups -OCH3 is 1. The van der Waals surface area contributed by atoms with E-state index >= 15 is 0 Å². The van der Waals surface area contributed by atoms with Crippen molar-refractivity contribution in [3.05, 3.63) is 34.3 Å².